The van der Waals surface area contributed by atoms with Crippen molar-refractivity contribution in [1.29, 1.82) is 0 Å². The van der Waals surface area contributed by atoms with Crippen molar-refractivity contribution in [3.8, 4) is 5.75 Å². The van der Waals surface area contributed by atoms with Crippen molar-refractivity contribution in [3.05, 3.63) is 65.7 Å². The second kappa shape index (κ2) is 7.34. The molecule has 0 aliphatic heterocycles. The molecule has 0 aromatic heterocycles. The normalized spacial score (nSPS) is 10.1. The van der Waals surface area contributed by atoms with Gasteiger partial charge in [-0.15, -0.1) is 0 Å². The van der Waals surface area contributed by atoms with E-state index in [1.54, 1.807) is 12.1 Å². The van der Waals surface area contributed by atoms with E-state index in [2.05, 4.69) is 13.0 Å². The third kappa shape index (κ3) is 4.12. The number of rotatable bonds is 6. The molecule has 20 heavy (non-hydrogen) atoms. The van der Waals surface area contributed by atoms with Crippen LogP contribution in [-0.2, 0) is 11.2 Å². The monoisotopic (exact) mass is 270 g/mol. The zero-order valence-electron chi connectivity index (χ0n) is 11.5. The molecule has 0 aliphatic carbocycles. The van der Waals surface area contributed by atoms with Crippen LogP contribution in [0, 0.1) is 0 Å². The Morgan fingerprint density at radius 3 is 2.55 bits per heavy atom. The summed E-state index contributed by atoms with van der Waals surface area (Å²) in [5.74, 6) is 0.483. The SMILES string of the molecule is CCc1cccc(OCCOC(=O)c2ccccc2)c1. The summed E-state index contributed by atoms with van der Waals surface area (Å²) in [4.78, 5) is 11.7. The van der Waals surface area contributed by atoms with Crippen molar-refractivity contribution >= 4 is 5.97 Å². The Morgan fingerprint density at radius 2 is 1.80 bits per heavy atom. The standard InChI is InChI=1S/C17H18O3/c1-2-14-7-6-10-16(13-14)19-11-12-20-17(18)15-8-4-3-5-9-15/h3-10,13H,2,11-12H2,1H3. The third-order valence-electron chi connectivity index (χ3n) is 2.90. The molecule has 0 unspecified atom stereocenters. The van der Waals surface area contributed by atoms with E-state index >= 15 is 0 Å². The summed E-state index contributed by atoms with van der Waals surface area (Å²) < 4.78 is 10.7. The zero-order valence-corrected chi connectivity index (χ0v) is 11.5. The summed E-state index contributed by atoms with van der Waals surface area (Å²) in [6, 6.07) is 16.9. The lowest BCUT2D eigenvalue weighted by Gasteiger charge is -2.08. The summed E-state index contributed by atoms with van der Waals surface area (Å²) in [5.41, 5.74) is 1.78. The van der Waals surface area contributed by atoms with Crippen LogP contribution in [0.25, 0.3) is 0 Å². The van der Waals surface area contributed by atoms with E-state index in [0.29, 0.717) is 12.2 Å². The molecular weight excluding hydrogens is 252 g/mol. The van der Waals surface area contributed by atoms with Gasteiger partial charge in [0.2, 0.25) is 0 Å². The van der Waals surface area contributed by atoms with Gasteiger partial charge in [-0.3, -0.25) is 0 Å². The smallest absolute Gasteiger partial charge is 0.338 e. The van der Waals surface area contributed by atoms with E-state index in [1.165, 1.54) is 5.56 Å². The van der Waals surface area contributed by atoms with Gasteiger partial charge in [0.1, 0.15) is 19.0 Å². The Labute approximate surface area is 119 Å². The number of ether oxygens (including phenoxy) is 2. The highest BCUT2D eigenvalue weighted by Gasteiger charge is 2.05. The van der Waals surface area contributed by atoms with Crippen molar-refractivity contribution in [3.63, 3.8) is 0 Å². The maximum Gasteiger partial charge on any atom is 0.338 e. The van der Waals surface area contributed by atoms with Crippen molar-refractivity contribution in [2.45, 2.75) is 13.3 Å². The van der Waals surface area contributed by atoms with Crippen LogP contribution in [-0.4, -0.2) is 19.2 Å². The molecule has 2 aromatic carbocycles. The average molecular weight is 270 g/mol. The van der Waals surface area contributed by atoms with Crippen LogP contribution in [0.15, 0.2) is 54.6 Å². The quantitative estimate of drug-likeness (QED) is 0.595. The van der Waals surface area contributed by atoms with Gasteiger partial charge in [-0.25, -0.2) is 4.79 Å². The zero-order chi connectivity index (χ0) is 14.2. The molecule has 0 fully saturated rings. The largest absolute Gasteiger partial charge is 0.490 e. The Balaban J connectivity index is 1.75. The van der Waals surface area contributed by atoms with Gasteiger partial charge in [0.05, 0.1) is 5.56 Å². The maximum absolute atomic E-state index is 11.7. The van der Waals surface area contributed by atoms with Crippen LogP contribution >= 0.6 is 0 Å². The molecule has 0 N–H and O–H groups in total. The van der Waals surface area contributed by atoms with Gasteiger partial charge in [0, 0.05) is 0 Å². The second-order valence-electron chi connectivity index (χ2n) is 4.35. The first-order valence-corrected chi connectivity index (χ1v) is 6.73. The minimum Gasteiger partial charge on any atom is -0.490 e. The number of carbonyl (C=O) groups is 1. The molecule has 0 spiro atoms. The van der Waals surface area contributed by atoms with Crippen molar-refractivity contribution in [2.24, 2.45) is 0 Å². The van der Waals surface area contributed by atoms with Gasteiger partial charge in [0.25, 0.3) is 0 Å². The van der Waals surface area contributed by atoms with E-state index in [4.69, 9.17) is 9.47 Å². The summed E-state index contributed by atoms with van der Waals surface area (Å²) in [6.07, 6.45) is 0.972. The maximum atomic E-state index is 11.7. The van der Waals surface area contributed by atoms with Crippen LogP contribution in [0.2, 0.25) is 0 Å². The first-order valence-electron chi connectivity index (χ1n) is 6.73. The van der Waals surface area contributed by atoms with Gasteiger partial charge in [0.15, 0.2) is 0 Å². The Morgan fingerprint density at radius 1 is 1.00 bits per heavy atom. The van der Waals surface area contributed by atoms with E-state index in [-0.39, 0.29) is 12.6 Å². The third-order valence-corrected chi connectivity index (χ3v) is 2.90. The van der Waals surface area contributed by atoms with E-state index < -0.39 is 0 Å². The molecule has 0 atom stereocenters. The average Bonchev–Trinajstić information content (AvgIpc) is 2.52. The summed E-state index contributed by atoms with van der Waals surface area (Å²) in [6.45, 7) is 2.69. The highest BCUT2D eigenvalue weighted by Crippen LogP contribution is 2.13. The van der Waals surface area contributed by atoms with Gasteiger partial charge < -0.3 is 9.47 Å². The van der Waals surface area contributed by atoms with Gasteiger partial charge >= 0.3 is 5.97 Å². The topological polar surface area (TPSA) is 35.5 Å². The number of aryl methyl sites for hydroxylation is 1. The Hall–Kier alpha value is -2.29. The fraction of sp³-hybridized carbons (Fsp3) is 0.235. The molecule has 104 valence electrons. The Bertz CT molecular complexity index is 549. The predicted octanol–water partition coefficient (Wildman–Crippen LogP) is 3.48. The van der Waals surface area contributed by atoms with E-state index in [0.717, 1.165) is 12.2 Å². The molecule has 0 bridgehead atoms. The fourth-order valence-electron chi connectivity index (χ4n) is 1.81. The lowest BCUT2D eigenvalue weighted by molar-refractivity contribution is 0.0450. The van der Waals surface area contributed by atoms with E-state index in [1.807, 2.05) is 36.4 Å². The number of benzene rings is 2. The highest BCUT2D eigenvalue weighted by atomic mass is 16.6. The van der Waals surface area contributed by atoms with Crippen LogP contribution in [0.3, 0.4) is 0 Å². The number of esters is 1. The highest BCUT2D eigenvalue weighted by molar-refractivity contribution is 5.89. The Kier molecular flexibility index (Phi) is 5.18. The van der Waals surface area contributed by atoms with Crippen LogP contribution in [0.5, 0.6) is 5.75 Å². The number of carbonyl (C=O) groups excluding carboxylic acids is 1. The number of hydrogen-bond acceptors (Lipinski definition) is 3. The molecule has 0 amide bonds. The van der Waals surface area contributed by atoms with E-state index in [9.17, 15) is 4.79 Å². The molecule has 0 heterocycles. The minimum absolute atomic E-state index is 0.240. The fourth-order valence-corrected chi connectivity index (χ4v) is 1.81. The minimum atomic E-state index is -0.323. The van der Waals surface area contributed by atoms with Crippen molar-refractivity contribution in [1.82, 2.24) is 0 Å². The van der Waals surface area contributed by atoms with Crippen LogP contribution < -0.4 is 4.74 Å². The van der Waals surface area contributed by atoms with Crippen LogP contribution in [0.4, 0.5) is 0 Å². The molecule has 3 heteroatoms. The van der Waals surface area contributed by atoms with Gasteiger partial charge in [-0.05, 0) is 36.2 Å². The predicted molar refractivity (Wildman–Crippen MR) is 78.0 cm³/mol. The summed E-state index contributed by atoms with van der Waals surface area (Å²) in [5, 5.41) is 0. The molecule has 0 radical (unpaired) electrons. The molecule has 0 aliphatic rings. The molecule has 0 saturated heterocycles. The molecule has 2 aromatic rings. The van der Waals surface area contributed by atoms with Gasteiger partial charge in [-0.1, -0.05) is 37.3 Å². The molecule has 3 nitrogen and oxygen atoms in total. The molecule has 2 rings (SSSR count). The lowest BCUT2D eigenvalue weighted by atomic mass is 10.2. The molecular formula is C17H18O3. The summed E-state index contributed by atoms with van der Waals surface area (Å²) >= 11 is 0. The van der Waals surface area contributed by atoms with Crippen molar-refractivity contribution < 1.29 is 14.3 Å². The second-order valence-corrected chi connectivity index (χ2v) is 4.35. The first kappa shape index (κ1) is 14.1. The first-order chi connectivity index (χ1) is 9.79. The van der Waals surface area contributed by atoms with Crippen molar-refractivity contribution in [2.75, 3.05) is 13.2 Å². The van der Waals surface area contributed by atoms with Gasteiger partial charge in [-0.2, -0.15) is 0 Å². The lowest BCUT2D eigenvalue weighted by Crippen LogP contribution is -2.12. The molecule has 0 saturated carbocycles. The summed E-state index contributed by atoms with van der Waals surface area (Å²) in [7, 11) is 0. The number of hydrogen-bond donors (Lipinski definition) is 0. The van der Waals surface area contributed by atoms with Crippen LogP contribution in [0.1, 0.15) is 22.8 Å².